The topological polar surface area (TPSA) is 57.5 Å². The van der Waals surface area contributed by atoms with Crippen LogP contribution in [0.15, 0.2) is 23.8 Å². The van der Waals surface area contributed by atoms with Gasteiger partial charge >= 0.3 is 0 Å². The van der Waals surface area contributed by atoms with Gasteiger partial charge in [0, 0.05) is 0 Å². The highest BCUT2D eigenvalue weighted by molar-refractivity contribution is 5.99. The average molecular weight is 220 g/mol. The maximum Gasteiger partial charge on any atom is 0.167 e. The largest absolute Gasteiger partial charge is 0.507 e. The molecule has 0 fully saturated rings. The van der Waals surface area contributed by atoms with E-state index in [-0.39, 0.29) is 22.8 Å². The van der Waals surface area contributed by atoms with Gasteiger partial charge in [-0.2, -0.15) is 0 Å². The average Bonchev–Trinajstić information content (AvgIpc) is 2.15. The molecule has 1 aromatic carbocycles. The van der Waals surface area contributed by atoms with Crippen molar-refractivity contribution in [1.82, 2.24) is 0 Å². The summed E-state index contributed by atoms with van der Waals surface area (Å²) in [4.78, 5) is 11.2. The van der Waals surface area contributed by atoms with Gasteiger partial charge in [0.15, 0.2) is 5.78 Å². The lowest BCUT2D eigenvalue weighted by atomic mass is 10.0. The first-order valence-corrected chi connectivity index (χ1v) is 5.11. The van der Waals surface area contributed by atoms with E-state index in [9.17, 15) is 15.0 Å². The van der Waals surface area contributed by atoms with Gasteiger partial charge in [-0.05, 0) is 38.8 Å². The third kappa shape index (κ3) is 2.63. The van der Waals surface area contributed by atoms with Crippen LogP contribution in [-0.2, 0) is 6.42 Å². The molecule has 0 bridgehead atoms. The van der Waals surface area contributed by atoms with Crippen molar-refractivity contribution >= 4 is 5.78 Å². The number of benzene rings is 1. The molecular weight excluding hydrogens is 204 g/mol. The van der Waals surface area contributed by atoms with Gasteiger partial charge in [-0.15, -0.1) is 0 Å². The molecule has 0 aliphatic heterocycles. The van der Waals surface area contributed by atoms with Gasteiger partial charge in [-0.3, -0.25) is 4.79 Å². The predicted molar refractivity (Wildman–Crippen MR) is 62.9 cm³/mol. The number of carbonyl (C=O) groups excluding carboxylic acids is 1. The highest BCUT2D eigenvalue weighted by Gasteiger charge is 2.15. The smallest absolute Gasteiger partial charge is 0.167 e. The Bertz CT molecular complexity index is 441. The van der Waals surface area contributed by atoms with E-state index < -0.39 is 0 Å². The van der Waals surface area contributed by atoms with E-state index >= 15 is 0 Å². The summed E-state index contributed by atoms with van der Waals surface area (Å²) in [6.07, 6.45) is 2.50. The van der Waals surface area contributed by atoms with Gasteiger partial charge in [0.25, 0.3) is 0 Å². The molecule has 3 nitrogen and oxygen atoms in total. The molecule has 0 heterocycles. The van der Waals surface area contributed by atoms with Crippen molar-refractivity contribution in [2.24, 2.45) is 0 Å². The number of carbonyl (C=O) groups is 1. The SMILES string of the molecule is CC(=O)c1c(O)ccc(CC=C(C)C)c1O. The Morgan fingerprint density at radius 1 is 1.25 bits per heavy atom. The quantitative estimate of drug-likeness (QED) is 0.608. The number of hydrogen-bond acceptors (Lipinski definition) is 3. The molecule has 16 heavy (non-hydrogen) atoms. The molecular formula is C13H16O3. The third-order valence-corrected chi connectivity index (χ3v) is 2.32. The van der Waals surface area contributed by atoms with Crippen LogP contribution < -0.4 is 0 Å². The van der Waals surface area contributed by atoms with Crippen molar-refractivity contribution in [2.75, 3.05) is 0 Å². The monoisotopic (exact) mass is 220 g/mol. The molecule has 1 rings (SSSR count). The minimum atomic E-state index is -0.339. The molecule has 0 saturated carbocycles. The van der Waals surface area contributed by atoms with Crippen LogP contribution in [0.1, 0.15) is 36.7 Å². The van der Waals surface area contributed by atoms with Gasteiger partial charge in [0.1, 0.15) is 17.1 Å². The molecule has 0 saturated heterocycles. The van der Waals surface area contributed by atoms with Crippen LogP contribution in [0.5, 0.6) is 11.5 Å². The second-order valence-corrected chi connectivity index (χ2v) is 4.01. The Morgan fingerprint density at radius 3 is 2.38 bits per heavy atom. The van der Waals surface area contributed by atoms with E-state index in [2.05, 4.69) is 0 Å². The number of Topliss-reactive ketones (excluding diaryl/α,β-unsaturated/α-hetero) is 1. The van der Waals surface area contributed by atoms with Gasteiger partial charge in [0.05, 0.1) is 0 Å². The van der Waals surface area contributed by atoms with Crippen LogP contribution in [0.3, 0.4) is 0 Å². The number of ketones is 1. The van der Waals surface area contributed by atoms with Crippen molar-refractivity contribution in [3.8, 4) is 11.5 Å². The highest BCUT2D eigenvalue weighted by atomic mass is 16.3. The van der Waals surface area contributed by atoms with Crippen molar-refractivity contribution in [1.29, 1.82) is 0 Å². The molecule has 0 amide bonds. The number of rotatable bonds is 3. The van der Waals surface area contributed by atoms with Crippen LogP contribution in [0.25, 0.3) is 0 Å². The minimum Gasteiger partial charge on any atom is -0.507 e. The Kier molecular flexibility index (Phi) is 3.72. The zero-order valence-corrected chi connectivity index (χ0v) is 9.74. The van der Waals surface area contributed by atoms with Crippen LogP contribution >= 0.6 is 0 Å². The van der Waals surface area contributed by atoms with E-state index in [1.807, 2.05) is 19.9 Å². The first kappa shape index (κ1) is 12.3. The molecule has 0 unspecified atom stereocenters. The van der Waals surface area contributed by atoms with Crippen molar-refractivity contribution < 1.29 is 15.0 Å². The third-order valence-electron chi connectivity index (χ3n) is 2.32. The molecule has 0 radical (unpaired) electrons. The summed E-state index contributed by atoms with van der Waals surface area (Å²) in [5.74, 6) is -0.634. The molecule has 86 valence electrons. The van der Waals surface area contributed by atoms with Crippen molar-refractivity contribution in [3.63, 3.8) is 0 Å². The molecule has 0 spiro atoms. The summed E-state index contributed by atoms with van der Waals surface area (Å²) < 4.78 is 0. The number of allylic oxidation sites excluding steroid dienone is 2. The molecule has 3 heteroatoms. The fourth-order valence-electron chi connectivity index (χ4n) is 1.45. The second kappa shape index (κ2) is 4.84. The summed E-state index contributed by atoms with van der Waals surface area (Å²) in [6.45, 7) is 5.24. The lowest BCUT2D eigenvalue weighted by Gasteiger charge is -2.08. The summed E-state index contributed by atoms with van der Waals surface area (Å²) in [5.41, 5.74) is 1.78. The molecule has 0 aliphatic rings. The predicted octanol–water partition coefficient (Wildman–Crippen LogP) is 2.81. The molecule has 2 N–H and O–H groups in total. The molecule has 0 aliphatic carbocycles. The van der Waals surface area contributed by atoms with Gasteiger partial charge in [0.2, 0.25) is 0 Å². The summed E-state index contributed by atoms with van der Waals surface area (Å²) in [6, 6.07) is 3.06. The summed E-state index contributed by atoms with van der Waals surface area (Å²) in [5, 5.41) is 19.3. The van der Waals surface area contributed by atoms with Crippen molar-refractivity contribution in [2.45, 2.75) is 27.2 Å². The number of aromatic hydroxyl groups is 2. The molecule has 1 aromatic rings. The van der Waals surface area contributed by atoms with E-state index in [1.54, 1.807) is 6.07 Å². The first-order valence-electron chi connectivity index (χ1n) is 5.11. The van der Waals surface area contributed by atoms with Crippen molar-refractivity contribution in [3.05, 3.63) is 34.9 Å². The van der Waals surface area contributed by atoms with Gasteiger partial charge in [-0.25, -0.2) is 0 Å². The Balaban J connectivity index is 3.19. The first-order chi connectivity index (χ1) is 7.43. The van der Waals surface area contributed by atoms with Gasteiger partial charge in [-0.1, -0.05) is 17.7 Å². The summed E-state index contributed by atoms with van der Waals surface area (Å²) in [7, 11) is 0. The zero-order chi connectivity index (χ0) is 12.3. The Morgan fingerprint density at radius 2 is 1.88 bits per heavy atom. The molecule has 0 atom stereocenters. The summed E-state index contributed by atoms with van der Waals surface area (Å²) >= 11 is 0. The van der Waals surface area contributed by atoms with Crippen LogP contribution in [0.2, 0.25) is 0 Å². The minimum absolute atomic E-state index is 0.000318. The molecule has 0 aromatic heterocycles. The van der Waals surface area contributed by atoms with Gasteiger partial charge < -0.3 is 10.2 Å². The van der Waals surface area contributed by atoms with Crippen LogP contribution in [-0.4, -0.2) is 16.0 Å². The standard InChI is InChI=1S/C13H16O3/c1-8(2)4-5-10-6-7-11(15)12(9(3)14)13(10)16/h4,6-7,15-16H,5H2,1-3H3. The Labute approximate surface area is 95.0 Å². The highest BCUT2D eigenvalue weighted by Crippen LogP contribution is 2.31. The van der Waals surface area contributed by atoms with E-state index in [4.69, 9.17) is 0 Å². The van der Waals surface area contributed by atoms with Crippen LogP contribution in [0, 0.1) is 0 Å². The van der Waals surface area contributed by atoms with E-state index in [0.29, 0.717) is 12.0 Å². The van der Waals surface area contributed by atoms with E-state index in [0.717, 1.165) is 5.57 Å². The maximum absolute atomic E-state index is 11.2. The normalized spacial score (nSPS) is 9.94. The zero-order valence-electron chi connectivity index (χ0n) is 9.74. The fourth-order valence-corrected chi connectivity index (χ4v) is 1.45. The van der Waals surface area contributed by atoms with E-state index in [1.165, 1.54) is 13.0 Å². The maximum atomic E-state index is 11.2. The second-order valence-electron chi connectivity index (χ2n) is 4.01. The van der Waals surface area contributed by atoms with Crippen LogP contribution in [0.4, 0.5) is 0 Å². The fraction of sp³-hybridized carbons (Fsp3) is 0.308. The lowest BCUT2D eigenvalue weighted by Crippen LogP contribution is -1.96. The Hall–Kier alpha value is -1.77. The lowest BCUT2D eigenvalue weighted by molar-refractivity contribution is 0.101. The number of phenolic OH excluding ortho intramolecular Hbond substituents is 2. The number of phenols is 2. The number of hydrogen-bond donors (Lipinski definition) is 2.